The SMILES string of the molecule is Nc1ncc(Br)cc1S(=O)(=O)NCCC(=O)N1CCN(C2CCCC2)CC1. The Hall–Kier alpha value is -1.23. The maximum absolute atomic E-state index is 12.4. The summed E-state index contributed by atoms with van der Waals surface area (Å²) in [6.45, 7) is 3.27. The third-order valence-corrected chi connectivity index (χ3v) is 7.20. The molecule has 0 spiro atoms. The maximum Gasteiger partial charge on any atom is 0.244 e. The number of hydrogen-bond donors (Lipinski definition) is 2. The molecule has 3 rings (SSSR count). The first kappa shape index (κ1) is 20.5. The number of halogens is 1. The normalized spacial score (nSPS) is 19.5. The van der Waals surface area contributed by atoms with Crippen molar-refractivity contribution in [3.8, 4) is 0 Å². The molecule has 0 aromatic carbocycles. The molecule has 1 saturated carbocycles. The first-order valence-electron chi connectivity index (χ1n) is 9.29. The topological polar surface area (TPSA) is 109 Å². The molecular formula is C17H26BrN5O3S. The van der Waals surface area contributed by atoms with Gasteiger partial charge < -0.3 is 10.6 Å². The summed E-state index contributed by atoms with van der Waals surface area (Å²) in [7, 11) is -3.81. The first-order valence-corrected chi connectivity index (χ1v) is 11.6. The molecule has 1 amide bonds. The lowest BCUT2D eigenvalue weighted by Gasteiger charge is -2.38. The molecule has 0 radical (unpaired) electrons. The lowest BCUT2D eigenvalue weighted by Crippen LogP contribution is -2.51. The fourth-order valence-corrected chi connectivity index (χ4v) is 5.40. The lowest BCUT2D eigenvalue weighted by molar-refractivity contribution is -0.133. The van der Waals surface area contributed by atoms with Crippen LogP contribution in [0.15, 0.2) is 21.6 Å². The van der Waals surface area contributed by atoms with Crippen molar-refractivity contribution in [2.45, 2.75) is 43.0 Å². The Labute approximate surface area is 168 Å². The number of nitrogens with two attached hydrogens (primary N) is 1. The summed E-state index contributed by atoms with van der Waals surface area (Å²) in [4.78, 5) is 20.5. The average Bonchev–Trinajstić information content (AvgIpc) is 3.18. The van der Waals surface area contributed by atoms with Crippen LogP contribution in [0.4, 0.5) is 5.82 Å². The monoisotopic (exact) mass is 459 g/mol. The van der Waals surface area contributed by atoms with Crippen molar-refractivity contribution < 1.29 is 13.2 Å². The van der Waals surface area contributed by atoms with Crippen LogP contribution in [0.3, 0.4) is 0 Å². The first-order chi connectivity index (χ1) is 12.9. The third-order valence-electron chi connectivity index (χ3n) is 5.28. The van der Waals surface area contributed by atoms with Crippen molar-refractivity contribution >= 4 is 37.7 Å². The van der Waals surface area contributed by atoms with Gasteiger partial charge in [-0.05, 0) is 34.8 Å². The van der Waals surface area contributed by atoms with Gasteiger partial charge in [0, 0.05) is 55.9 Å². The fourth-order valence-electron chi connectivity index (χ4n) is 3.78. The number of carbonyl (C=O) groups is 1. The number of amides is 1. The van der Waals surface area contributed by atoms with Crippen LogP contribution < -0.4 is 10.5 Å². The van der Waals surface area contributed by atoms with E-state index in [1.54, 1.807) is 0 Å². The molecule has 2 aliphatic rings. The van der Waals surface area contributed by atoms with Gasteiger partial charge in [0.15, 0.2) is 0 Å². The molecule has 2 heterocycles. The number of nitrogens with zero attached hydrogens (tertiary/aromatic N) is 3. The van der Waals surface area contributed by atoms with Crippen LogP contribution in [0.5, 0.6) is 0 Å². The summed E-state index contributed by atoms with van der Waals surface area (Å²) in [5.74, 6) is -0.0934. The van der Waals surface area contributed by atoms with E-state index < -0.39 is 10.0 Å². The van der Waals surface area contributed by atoms with Crippen LogP contribution in [0.25, 0.3) is 0 Å². The van der Waals surface area contributed by atoms with Gasteiger partial charge in [0.1, 0.15) is 10.7 Å². The van der Waals surface area contributed by atoms with Crippen molar-refractivity contribution in [3.05, 3.63) is 16.7 Å². The zero-order valence-corrected chi connectivity index (χ0v) is 17.6. The Morgan fingerprint density at radius 2 is 1.93 bits per heavy atom. The highest BCUT2D eigenvalue weighted by Gasteiger charge is 2.28. The zero-order valence-electron chi connectivity index (χ0n) is 15.2. The van der Waals surface area contributed by atoms with Gasteiger partial charge in [-0.25, -0.2) is 18.1 Å². The zero-order chi connectivity index (χ0) is 19.4. The number of sulfonamides is 1. The van der Waals surface area contributed by atoms with E-state index in [2.05, 4.69) is 30.5 Å². The van der Waals surface area contributed by atoms with Crippen LogP contribution >= 0.6 is 15.9 Å². The Morgan fingerprint density at radius 3 is 2.59 bits per heavy atom. The second-order valence-corrected chi connectivity index (χ2v) is 9.69. The molecule has 1 saturated heterocycles. The molecule has 3 N–H and O–H groups in total. The van der Waals surface area contributed by atoms with Crippen molar-refractivity contribution in [2.75, 3.05) is 38.5 Å². The summed E-state index contributed by atoms with van der Waals surface area (Å²) in [5.41, 5.74) is 5.66. The number of carbonyl (C=O) groups excluding carboxylic acids is 1. The molecule has 27 heavy (non-hydrogen) atoms. The number of aromatic nitrogens is 1. The van der Waals surface area contributed by atoms with Gasteiger partial charge in [-0.2, -0.15) is 0 Å². The summed E-state index contributed by atoms with van der Waals surface area (Å²) in [6.07, 6.45) is 6.71. The van der Waals surface area contributed by atoms with Gasteiger partial charge in [-0.15, -0.1) is 0 Å². The molecule has 150 valence electrons. The average molecular weight is 460 g/mol. The minimum Gasteiger partial charge on any atom is -0.383 e. The summed E-state index contributed by atoms with van der Waals surface area (Å²) in [5, 5.41) is 0. The van der Waals surface area contributed by atoms with E-state index in [0.717, 1.165) is 13.1 Å². The fraction of sp³-hybridized carbons (Fsp3) is 0.647. The molecule has 0 unspecified atom stereocenters. The second kappa shape index (κ2) is 8.85. The van der Waals surface area contributed by atoms with Gasteiger partial charge >= 0.3 is 0 Å². The van der Waals surface area contributed by atoms with Gasteiger partial charge in [0.2, 0.25) is 15.9 Å². The second-order valence-electron chi connectivity index (χ2n) is 7.04. The predicted molar refractivity (Wildman–Crippen MR) is 107 cm³/mol. The largest absolute Gasteiger partial charge is 0.383 e. The Bertz CT molecular complexity index is 775. The van der Waals surface area contributed by atoms with E-state index in [0.29, 0.717) is 23.6 Å². The smallest absolute Gasteiger partial charge is 0.244 e. The number of anilines is 1. The van der Waals surface area contributed by atoms with E-state index in [1.807, 2.05) is 4.90 Å². The number of nitrogen functional groups attached to an aromatic ring is 1. The van der Waals surface area contributed by atoms with Crippen LogP contribution in [-0.2, 0) is 14.8 Å². The van der Waals surface area contributed by atoms with Gasteiger partial charge in [-0.1, -0.05) is 12.8 Å². The molecule has 10 heteroatoms. The Balaban J connectivity index is 1.46. The number of hydrogen-bond acceptors (Lipinski definition) is 6. The number of pyridine rings is 1. The van der Waals surface area contributed by atoms with Crippen molar-refractivity contribution in [1.82, 2.24) is 19.5 Å². The molecule has 0 atom stereocenters. The molecule has 1 aliphatic carbocycles. The van der Waals surface area contributed by atoms with Gasteiger partial charge in [-0.3, -0.25) is 9.69 Å². The minimum atomic E-state index is -3.81. The van der Waals surface area contributed by atoms with Crippen LogP contribution in [0.1, 0.15) is 32.1 Å². The van der Waals surface area contributed by atoms with Crippen molar-refractivity contribution in [1.29, 1.82) is 0 Å². The van der Waals surface area contributed by atoms with Gasteiger partial charge in [0.25, 0.3) is 0 Å². The molecule has 0 bridgehead atoms. The quantitative estimate of drug-likeness (QED) is 0.660. The van der Waals surface area contributed by atoms with Crippen LogP contribution in [-0.4, -0.2) is 67.9 Å². The third kappa shape index (κ3) is 5.18. The van der Waals surface area contributed by atoms with Gasteiger partial charge in [0.05, 0.1) is 0 Å². The highest BCUT2D eigenvalue weighted by molar-refractivity contribution is 9.10. The molecular weight excluding hydrogens is 434 g/mol. The van der Waals surface area contributed by atoms with Crippen LogP contribution in [0.2, 0.25) is 0 Å². The summed E-state index contributed by atoms with van der Waals surface area (Å²) < 4.78 is 27.7. The van der Waals surface area contributed by atoms with E-state index in [9.17, 15) is 13.2 Å². The van der Waals surface area contributed by atoms with E-state index >= 15 is 0 Å². The summed E-state index contributed by atoms with van der Waals surface area (Å²) >= 11 is 3.19. The lowest BCUT2D eigenvalue weighted by atomic mass is 10.1. The van der Waals surface area contributed by atoms with Crippen molar-refractivity contribution in [3.63, 3.8) is 0 Å². The molecule has 2 fully saturated rings. The Kier molecular flexibility index (Phi) is 6.72. The highest BCUT2D eigenvalue weighted by Crippen LogP contribution is 2.24. The highest BCUT2D eigenvalue weighted by atomic mass is 79.9. The molecule has 1 aromatic heterocycles. The standard InChI is InChI=1S/C17H26BrN5O3S/c18-13-11-15(17(19)20-12-13)27(25,26)21-6-5-16(24)23-9-7-22(8-10-23)14-3-1-2-4-14/h11-12,14,21H,1-10H2,(H2,19,20). The van der Waals surface area contributed by atoms with Crippen LogP contribution in [0, 0.1) is 0 Å². The number of piperazine rings is 1. The predicted octanol–water partition coefficient (Wildman–Crippen LogP) is 1.18. The molecule has 1 aromatic rings. The van der Waals surface area contributed by atoms with Crippen molar-refractivity contribution in [2.24, 2.45) is 0 Å². The molecule has 1 aliphatic heterocycles. The Morgan fingerprint density at radius 1 is 1.26 bits per heavy atom. The van der Waals surface area contributed by atoms with E-state index in [4.69, 9.17) is 5.73 Å². The number of nitrogens with one attached hydrogen (secondary N) is 1. The van der Waals surface area contributed by atoms with E-state index in [-0.39, 0.29) is 29.6 Å². The summed E-state index contributed by atoms with van der Waals surface area (Å²) in [6, 6.07) is 2.08. The van der Waals surface area contributed by atoms with E-state index in [1.165, 1.54) is 37.9 Å². The molecule has 8 nitrogen and oxygen atoms in total. The maximum atomic E-state index is 12.4. The minimum absolute atomic E-state index is 0.0240. The number of rotatable bonds is 6.